The highest BCUT2D eigenvalue weighted by Crippen LogP contribution is 2.41. The van der Waals surface area contributed by atoms with E-state index in [9.17, 15) is 9.59 Å². The minimum Gasteiger partial charge on any atom is -0.497 e. The molecule has 3 fully saturated rings. The van der Waals surface area contributed by atoms with E-state index >= 15 is 0 Å². The molecule has 26 heavy (non-hydrogen) atoms. The number of carbonyl (C=O) groups is 2. The number of methoxy groups -OCH3 is 1. The van der Waals surface area contributed by atoms with Gasteiger partial charge in [0, 0.05) is 43.7 Å². The molecule has 6 heteroatoms. The van der Waals surface area contributed by atoms with Crippen LogP contribution in [0.25, 0.3) is 0 Å². The molecule has 1 unspecified atom stereocenters. The van der Waals surface area contributed by atoms with Crippen LogP contribution in [0.5, 0.6) is 5.75 Å². The molecule has 140 valence electrons. The second kappa shape index (κ2) is 6.58. The number of ether oxygens (including phenoxy) is 1. The van der Waals surface area contributed by atoms with E-state index in [4.69, 9.17) is 4.74 Å². The fraction of sp³-hybridized carbons (Fsp3) is 0.600. The van der Waals surface area contributed by atoms with Crippen LogP contribution in [0.15, 0.2) is 24.3 Å². The fourth-order valence-electron chi connectivity index (χ4n) is 4.51. The average Bonchev–Trinajstić information content (AvgIpc) is 3.05. The van der Waals surface area contributed by atoms with Crippen LogP contribution in [0.4, 0.5) is 0 Å². The summed E-state index contributed by atoms with van der Waals surface area (Å²) in [7, 11) is 1.62. The number of hydrogen-bond donors (Lipinski definition) is 0. The normalized spacial score (nSPS) is 24.3. The molecular formula is C20H27N3O3. The summed E-state index contributed by atoms with van der Waals surface area (Å²) in [5.41, 5.74) is 0.804. The number of likely N-dealkylation sites (N-methyl/N-ethyl adjacent to an activating group) is 1. The summed E-state index contributed by atoms with van der Waals surface area (Å²) in [5.74, 6) is 1.11. The van der Waals surface area contributed by atoms with Crippen molar-refractivity contribution < 1.29 is 14.3 Å². The zero-order valence-electron chi connectivity index (χ0n) is 15.6. The van der Waals surface area contributed by atoms with Gasteiger partial charge in [0.05, 0.1) is 13.2 Å². The smallest absolute Gasteiger partial charge is 0.253 e. The Morgan fingerprint density at radius 1 is 1.12 bits per heavy atom. The summed E-state index contributed by atoms with van der Waals surface area (Å²) < 4.78 is 5.14. The zero-order valence-corrected chi connectivity index (χ0v) is 15.6. The fourth-order valence-corrected chi connectivity index (χ4v) is 4.51. The lowest BCUT2D eigenvalue weighted by molar-refractivity contribution is -0.141. The first kappa shape index (κ1) is 17.3. The van der Waals surface area contributed by atoms with Gasteiger partial charge in [0.1, 0.15) is 5.75 Å². The van der Waals surface area contributed by atoms with Gasteiger partial charge >= 0.3 is 0 Å². The molecule has 0 bridgehead atoms. The van der Waals surface area contributed by atoms with E-state index in [0.29, 0.717) is 5.56 Å². The Hall–Kier alpha value is -2.08. The molecule has 3 aliphatic rings. The van der Waals surface area contributed by atoms with Crippen LogP contribution in [0.3, 0.4) is 0 Å². The van der Waals surface area contributed by atoms with Crippen molar-refractivity contribution in [3.8, 4) is 5.75 Å². The maximum atomic E-state index is 12.7. The molecule has 3 aliphatic heterocycles. The van der Waals surface area contributed by atoms with Crippen molar-refractivity contribution in [3.63, 3.8) is 0 Å². The van der Waals surface area contributed by atoms with E-state index < -0.39 is 0 Å². The predicted molar refractivity (Wildman–Crippen MR) is 98.2 cm³/mol. The van der Waals surface area contributed by atoms with E-state index in [0.717, 1.165) is 57.9 Å². The third kappa shape index (κ3) is 2.86. The van der Waals surface area contributed by atoms with E-state index in [1.165, 1.54) is 0 Å². The number of rotatable bonds is 4. The quantitative estimate of drug-likeness (QED) is 0.819. The van der Waals surface area contributed by atoms with Crippen LogP contribution in [-0.2, 0) is 4.79 Å². The molecule has 0 N–H and O–H groups in total. The van der Waals surface area contributed by atoms with E-state index in [1.807, 2.05) is 34.1 Å². The Kier molecular flexibility index (Phi) is 4.39. The standard InChI is InChI=1S/C20H27N3O3/c1-3-21-10-8-17(21)19(25)22-11-9-20(12-22)13-23(14-20)18(24)15-4-6-16(26-2)7-5-15/h4-7,17H,3,8-14H2,1-2H3. The highest BCUT2D eigenvalue weighted by molar-refractivity contribution is 5.95. The maximum Gasteiger partial charge on any atom is 0.253 e. The van der Waals surface area contributed by atoms with Crippen molar-refractivity contribution in [2.24, 2.45) is 5.41 Å². The lowest BCUT2D eigenvalue weighted by atomic mass is 9.78. The Bertz CT molecular complexity index is 695. The lowest BCUT2D eigenvalue weighted by Crippen LogP contribution is -2.61. The van der Waals surface area contributed by atoms with Crippen molar-refractivity contribution in [2.45, 2.75) is 25.8 Å². The predicted octanol–water partition coefficient (Wildman–Crippen LogP) is 1.46. The number of carbonyl (C=O) groups excluding carboxylic acids is 2. The first-order valence-corrected chi connectivity index (χ1v) is 9.51. The summed E-state index contributed by atoms with van der Waals surface area (Å²) in [4.78, 5) is 31.5. The molecular weight excluding hydrogens is 330 g/mol. The second-order valence-electron chi connectivity index (χ2n) is 7.83. The zero-order chi connectivity index (χ0) is 18.3. The van der Waals surface area contributed by atoms with Gasteiger partial charge in [-0.3, -0.25) is 14.5 Å². The molecule has 1 spiro atoms. The maximum absolute atomic E-state index is 12.7. The van der Waals surface area contributed by atoms with Crippen LogP contribution >= 0.6 is 0 Å². The van der Waals surface area contributed by atoms with Crippen LogP contribution < -0.4 is 4.74 Å². The third-order valence-corrected chi connectivity index (χ3v) is 6.25. The number of benzene rings is 1. The molecule has 3 heterocycles. The van der Waals surface area contributed by atoms with E-state index in [2.05, 4.69) is 11.8 Å². The largest absolute Gasteiger partial charge is 0.497 e. The molecule has 4 rings (SSSR count). The average molecular weight is 357 g/mol. The Morgan fingerprint density at radius 3 is 2.38 bits per heavy atom. The molecule has 0 radical (unpaired) electrons. The van der Waals surface area contributed by atoms with Crippen molar-refractivity contribution in [3.05, 3.63) is 29.8 Å². The van der Waals surface area contributed by atoms with E-state index in [-0.39, 0.29) is 23.3 Å². The number of likely N-dealkylation sites (tertiary alicyclic amines) is 3. The van der Waals surface area contributed by atoms with Crippen molar-refractivity contribution in [2.75, 3.05) is 46.4 Å². The van der Waals surface area contributed by atoms with Crippen LogP contribution in [-0.4, -0.2) is 78.9 Å². The number of nitrogens with zero attached hydrogens (tertiary/aromatic N) is 3. The summed E-state index contributed by atoms with van der Waals surface area (Å²) in [6, 6.07) is 7.35. The molecule has 2 amide bonds. The molecule has 0 aliphatic carbocycles. The highest BCUT2D eigenvalue weighted by Gasteiger charge is 2.51. The van der Waals surface area contributed by atoms with Crippen molar-refractivity contribution in [1.82, 2.24) is 14.7 Å². The Balaban J connectivity index is 1.32. The van der Waals surface area contributed by atoms with Crippen LogP contribution in [0.1, 0.15) is 30.1 Å². The minimum absolute atomic E-state index is 0.0687. The molecule has 0 saturated carbocycles. The summed E-state index contributed by atoms with van der Waals surface area (Å²) in [6.07, 6.45) is 1.99. The molecule has 1 aromatic rings. The van der Waals surface area contributed by atoms with Gasteiger partial charge in [-0.2, -0.15) is 0 Å². The number of amides is 2. The van der Waals surface area contributed by atoms with Gasteiger partial charge in [0.2, 0.25) is 5.91 Å². The molecule has 6 nitrogen and oxygen atoms in total. The Morgan fingerprint density at radius 2 is 1.81 bits per heavy atom. The first-order chi connectivity index (χ1) is 12.5. The van der Waals surface area contributed by atoms with Gasteiger partial charge < -0.3 is 14.5 Å². The summed E-state index contributed by atoms with van der Waals surface area (Å²) in [5, 5.41) is 0. The monoisotopic (exact) mass is 357 g/mol. The molecule has 1 aromatic carbocycles. The first-order valence-electron chi connectivity index (χ1n) is 9.51. The van der Waals surface area contributed by atoms with Crippen LogP contribution in [0.2, 0.25) is 0 Å². The van der Waals surface area contributed by atoms with Gasteiger partial charge in [0.25, 0.3) is 5.91 Å². The van der Waals surface area contributed by atoms with Gasteiger partial charge in [-0.15, -0.1) is 0 Å². The van der Waals surface area contributed by atoms with Crippen molar-refractivity contribution in [1.29, 1.82) is 0 Å². The Labute approximate surface area is 154 Å². The van der Waals surface area contributed by atoms with Gasteiger partial charge in [-0.05, 0) is 43.7 Å². The molecule has 3 saturated heterocycles. The number of hydrogen-bond acceptors (Lipinski definition) is 4. The third-order valence-electron chi connectivity index (χ3n) is 6.25. The van der Waals surface area contributed by atoms with E-state index in [1.54, 1.807) is 7.11 Å². The minimum atomic E-state index is 0.0687. The second-order valence-corrected chi connectivity index (χ2v) is 7.83. The lowest BCUT2D eigenvalue weighted by Gasteiger charge is -2.48. The van der Waals surface area contributed by atoms with Crippen molar-refractivity contribution >= 4 is 11.8 Å². The summed E-state index contributed by atoms with van der Waals surface area (Å²) in [6.45, 7) is 7.23. The highest BCUT2D eigenvalue weighted by atomic mass is 16.5. The topological polar surface area (TPSA) is 53.1 Å². The van der Waals surface area contributed by atoms with Crippen LogP contribution in [0, 0.1) is 5.41 Å². The summed E-state index contributed by atoms with van der Waals surface area (Å²) >= 11 is 0. The van der Waals surface area contributed by atoms with Gasteiger partial charge in [-0.25, -0.2) is 0 Å². The van der Waals surface area contributed by atoms with Gasteiger partial charge in [-0.1, -0.05) is 6.92 Å². The molecule has 0 aromatic heterocycles. The SMILES string of the molecule is CCN1CCC1C(=O)N1CCC2(CN(C(=O)c3ccc(OC)cc3)C2)C1. The molecule has 1 atom stereocenters. The van der Waals surface area contributed by atoms with Gasteiger partial charge in [0.15, 0.2) is 0 Å².